The van der Waals surface area contributed by atoms with Crippen LogP contribution in [0.5, 0.6) is 0 Å². The molecule has 0 saturated heterocycles. The fourth-order valence-corrected chi connectivity index (χ4v) is 2.72. The van der Waals surface area contributed by atoms with Crippen LogP contribution in [0.2, 0.25) is 10.2 Å². The molecule has 1 aliphatic rings. The third-order valence-corrected chi connectivity index (χ3v) is 4.00. The Hall–Kier alpha value is -1.45. The topological polar surface area (TPSA) is 36.1 Å². The highest BCUT2D eigenvalue weighted by Crippen LogP contribution is 2.29. The van der Waals surface area contributed by atoms with Gasteiger partial charge < -0.3 is 9.88 Å². The van der Waals surface area contributed by atoms with Crippen LogP contribution >= 0.6 is 23.2 Å². The number of aromatic nitrogens is 1. The lowest BCUT2D eigenvalue weighted by molar-refractivity contribution is 0.0981. The smallest absolute Gasteiger partial charge is 0.274 e. The highest BCUT2D eigenvalue weighted by molar-refractivity contribution is 6.41. The minimum Gasteiger partial charge on any atom is -0.340 e. The molecule has 0 spiro atoms. The van der Waals surface area contributed by atoms with E-state index in [4.69, 9.17) is 23.2 Å². The van der Waals surface area contributed by atoms with E-state index < -0.39 is 0 Å². The predicted octanol–water partition coefficient (Wildman–Crippen LogP) is 3.91. The zero-order valence-corrected chi connectivity index (χ0v) is 11.6. The molecule has 1 aliphatic heterocycles. The summed E-state index contributed by atoms with van der Waals surface area (Å²) in [7, 11) is 0. The van der Waals surface area contributed by atoms with Crippen molar-refractivity contribution in [2.75, 3.05) is 11.4 Å². The highest BCUT2D eigenvalue weighted by atomic mass is 35.5. The number of H-pyrrole nitrogens is 1. The Bertz CT molecular complexity index is 617. The molecule has 1 N–H and O–H groups in total. The molecule has 0 unspecified atom stereocenters. The van der Waals surface area contributed by atoms with Crippen molar-refractivity contribution in [3.63, 3.8) is 0 Å². The third-order valence-electron chi connectivity index (χ3n) is 3.31. The molecule has 0 radical (unpaired) electrons. The number of halogens is 2. The maximum absolute atomic E-state index is 12.5. The SMILES string of the molecule is O=C(c1cc(Cl)c(Cl)[nH]1)N1CCCc2ccccc21. The summed E-state index contributed by atoms with van der Waals surface area (Å²) in [5, 5.41) is 0.672. The van der Waals surface area contributed by atoms with Gasteiger partial charge in [-0.05, 0) is 30.5 Å². The van der Waals surface area contributed by atoms with Gasteiger partial charge in [0.05, 0.1) is 5.02 Å². The average Bonchev–Trinajstić information content (AvgIpc) is 2.77. The van der Waals surface area contributed by atoms with Crippen molar-refractivity contribution in [1.82, 2.24) is 4.98 Å². The first kappa shape index (κ1) is 12.6. The summed E-state index contributed by atoms with van der Waals surface area (Å²) in [5.41, 5.74) is 2.60. The van der Waals surface area contributed by atoms with Crippen molar-refractivity contribution in [1.29, 1.82) is 0 Å². The molecule has 0 bridgehead atoms. The third kappa shape index (κ3) is 2.24. The number of para-hydroxylation sites is 1. The Balaban J connectivity index is 1.97. The maximum atomic E-state index is 12.5. The standard InChI is InChI=1S/C14H12Cl2N2O/c15-10-8-11(17-13(10)16)14(19)18-7-3-5-9-4-1-2-6-12(9)18/h1-2,4,6,8,17H,3,5,7H2. The second kappa shape index (κ2) is 4.91. The van der Waals surface area contributed by atoms with Gasteiger partial charge in [0.25, 0.3) is 5.91 Å². The van der Waals surface area contributed by atoms with Crippen molar-refractivity contribution in [3.8, 4) is 0 Å². The van der Waals surface area contributed by atoms with E-state index >= 15 is 0 Å². The average molecular weight is 295 g/mol. The normalized spacial score (nSPS) is 14.3. The number of aryl methyl sites for hydroxylation is 1. The first-order valence-electron chi connectivity index (χ1n) is 6.10. The van der Waals surface area contributed by atoms with E-state index in [9.17, 15) is 4.79 Å². The predicted molar refractivity (Wildman–Crippen MR) is 77.3 cm³/mol. The quantitative estimate of drug-likeness (QED) is 0.850. The second-order valence-corrected chi connectivity index (χ2v) is 5.32. The summed E-state index contributed by atoms with van der Waals surface area (Å²) in [4.78, 5) is 17.1. The number of rotatable bonds is 1. The van der Waals surface area contributed by atoms with Crippen LogP contribution in [0.25, 0.3) is 0 Å². The fraction of sp³-hybridized carbons (Fsp3) is 0.214. The van der Waals surface area contributed by atoms with Gasteiger partial charge in [0.1, 0.15) is 10.8 Å². The minimum absolute atomic E-state index is 0.0963. The molecule has 1 aromatic carbocycles. The largest absolute Gasteiger partial charge is 0.340 e. The van der Waals surface area contributed by atoms with Crippen LogP contribution < -0.4 is 4.90 Å². The van der Waals surface area contributed by atoms with Crippen molar-refractivity contribution < 1.29 is 4.79 Å². The first-order chi connectivity index (χ1) is 9.16. The Kier molecular flexibility index (Phi) is 3.25. The van der Waals surface area contributed by atoms with Gasteiger partial charge in [-0.15, -0.1) is 0 Å². The van der Waals surface area contributed by atoms with Crippen LogP contribution in [0, 0.1) is 0 Å². The summed E-state index contributed by atoms with van der Waals surface area (Å²) < 4.78 is 0. The number of carbonyl (C=O) groups is 1. The first-order valence-corrected chi connectivity index (χ1v) is 6.86. The summed E-state index contributed by atoms with van der Waals surface area (Å²) in [6.45, 7) is 0.712. The highest BCUT2D eigenvalue weighted by Gasteiger charge is 2.24. The molecule has 0 aliphatic carbocycles. The monoisotopic (exact) mass is 294 g/mol. The van der Waals surface area contributed by atoms with E-state index in [1.807, 2.05) is 18.2 Å². The number of hydrogen-bond donors (Lipinski definition) is 1. The number of fused-ring (bicyclic) bond motifs is 1. The molecule has 19 heavy (non-hydrogen) atoms. The lowest BCUT2D eigenvalue weighted by Gasteiger charge is -2.29. The van der Waals surface area contributed by atoms with Crippen molar-refractivity contribution >= 4 is 34.8 Å². The maximum Gasteiger partial charge on any atom is 0.274 e. The molecule has 1 aromatic heterocycles. The van der Waals surface area contributed by atoms with Crippen molar-refractivity contribution in [2.45, 2.75) is 12.8 Å². The van der Waals surface area contributed by atoms with Gasteiger partial charge in [-0.1, -0.05) is 41.4 Å². The van der Waals surface area contributed by atoms with Crippen LogP contribution in [0.3, 0.4) is 0 Å². The second-order valence-electron chi connectivity index (χ2n) is 4.53. The molecule has 5 heteroatoms. The lowest BCUT2D eigenvalue weighted by atomic mass is 10.0. The molecule has 2 aromatic rings. The number of nitrogens with one attached hydrogen (secondary N) is 1. The van der Waals surface area contributed by atoms with Crippen LogP contribution in [0.4, 0.5) is 5.69 Å². The summed E-state index contributed by atoms with van der Waals surface area (Å²) in [6, 6.07) is 9.54. The molecule has 2 heterocycles. The minimum atomic E-state index is -0.0963. The Morgan fingerprint density at radius 1 is 1.26 bits per heavy atom. The summed E-state index contributed by atoms with van der Waals surface area (Å²) in [5.74, 6) is -0.0963. The van der Waals surface area contributed by atoms with E-state index in [2.05, 4.69) is 11.1 Å². The molecule has 0 saturated carbocycles. The zero-order valence-electron chi connectivity index (χ0n) is 10.1. The molecular formula is C14H12Cl2N2O. The summed E-state index contributed by atoms with van der Waals surface area (Å²) in [6.07, 6.45) is 1.97. The van der Waals surface area contributed by atoms with Gasteiger partial charge in [0.15, 0.2) is 0 Å². The van der Waals surface area contributed by atoms with E-state index in [1.54, 1.807) is 11.0 Å². The number of benzene rings is 1. The molecule has 0 fully saturated rings. The van der Waals surface area contributed by atoms with E-state index in [-0.39, 0.29) is 5.91 Å². The van der Waals surface area contributed by atoms with E-state index in [0.717, 1.165) is 18.5 Å². The van der Waals surface area contributed by atoms with Gasteiger partial charge in [-0.2, -0.15) is 0 Å². The molecular weight excluding hydrogens is 283 g/mol. The molecule has 3 nitrogen and oxygen atoms in total. The Morgan fingerprint density at radius 3 is 2.79 bits per heavy atom. The van der Waals surface area contributed by atoms with Gasteiger partial charge in [-0.25, -0.2) is 0 Å². The van der Waals surface area contributed by atoms with Crippen LogP contribution in [-0.2, 0) is 6.42 Å². The van der Waals surface area contributed by atoms with E-state index in [0.29, 0.717) is 22.4 Å². The molecule has 98 valence electrons. The van der Waals surface area contributed by atoms with Crippen LogP contribution in [0.15, 0.2) is 30.3 Å². The van der Waals surface area contributed by atoms with Crippen LogP contribution in [-0.4, -0.2) is 17.4 Å². The number of amides is 1. The number of hydrogen-bond acceptors (Lipinski definition) is 1. The van der Waals surface area contributed by atoms with Gasteiger partial charge in [0.2, 0.25) is 0 Å². The van der Waals surface area contributed by atoms with E-state index in [1.165, 1.54) is 5.56 Å². The Labute approximate surface area is 121 Å². The Morgan fingerprint density at radius 2 is 2.05 bits per heavy atom. The molecule has 0 atom stereocenters. The summed E-state index contributed by atoms with van der Waals surface area (Å²) >= 11 is 11.7. The van der Waals surface area contributed by atoms with Gasteiger partial charge in [0, 0.05) is 12.2 Å². The molecule has 1 amide bonds. The van der Waals surface area contributed by atoms with Crippen molar-refractivity contribution in [3.05, 3.63) is 51.8 Å². The fourth-order valence-electron chi connectivity index (χ4n) is 2.41. The molecule has 3 rings (SSSR count). The van der Waals surface area contributed by atoms with Crippen molar-refractivity contribution in [2.24, 2.45) is 0 Å². The zero-order chi connectivity index (χ0) is 13.4. The van der Waals surface area contributed by atoms with Crippen LogP contribution in [0.1, 0.15) is 22.5 Å². The number of aromatic amines is 1. The lowest BCUT2D eigenvalue weighted by Crippen LogP contribution is -2.35. The van der Waals surface area contributed by atoms with Gasteiger partial charge in [-0.3, -0.25) is 4.79 Å². The number of anilines is 1. The number of carbonyl (C=O) groups excluding carboxylic acids is 1. The number of nitrogens with zero attached hydrogens (tertiary/aromatic N) is 1. The van der Waals surface area contributed by atoms with Gasteiger partial charge >= 0.3 is 0 Å².